The monoisotopic (exact) mass is 411 g/mol. The van der Waals surface area contributed by atoms with E-state index in [-0.39, 0.29) is 5.82 Å². The zero-order chi connectivity index (χ0) is 21.5. The first kappa shape index (κ1) is 20.2. The Morgan fingerprint density at radius 1 is 0.871 bits per heavy atom. The SMILES string of the molecule is Cc1cc(C)cc(-c2nccc3cc(C(C)C4CCCCC4)c4ccc(F)cc4c23)c1. The summed E-state index contributed by atoms with van der Waals surface area (Å²) in [6.07, 6.45) is 8.51. The van der Waals surface area contributed by atoms with Gasteiger partial charge >= 0.3 is 0 Å². The first-order chi connectivity index (χ1) is 15.0. The molecule has 4 aromatic rings. The van der Waals surface area contributed by atoms with Crippen molar-refractivity contribution in [2.24, 2.45) is 5.92 Å². The normalized spacial score (nSPS) is 16.1. The van der Waals surface area contributed by atoms with Gasteiger partial charge in [0.05, 0.1) is 5.69 Å². The summed E-state index contributed by atoms with van der Waals surface area (Å²) < 4.78 is 14.5. The third-order valence-corrected chi connectivity index (χ3v) is 7.20. The van der Waals surface area contributed by atoms with E-state index in [0.29, 0.717) is 11.8 Å². The van der Waals surface area contributed by atoms with E-state index in [1.165, 1.54) is 54.2 Å². The summed E-state index contributed by atoms with van der Waals surface area (Å²) in [6.45, 7) is 6.60. The van der Waals surface area contributed by atoms with Gasteiger partial charge in [-0.05, 0) is 90.6 Å². The third-order valence-electron chi connectivity index (χ3n) is 7.20. The van der Waals surface area contributed by atoms with Crippen LogP contribution in [-0.4, -0.2) is 4.98 Å². The average molecular weight is 412 g/mol. The number of nitrogens with zero attached hydrogens (tertiary/aromatic N) is 1. The van der Waals surface area contributed by atoms with E-state index in [2.05, 4.69) is 51.1 Å². The molecule has 0 spiro atoms. The van der Waals surface area contributed by atoms with Gasteiger partial charge in [-0.1, -0.05) is 55.5 Å². The Morgan fingerprint density at radius 3 is 2.35 bits per heavy atom. The molecule has 1 aliphatic rings. The quantitative estimate of drug-likeness (QED) is 0.308. The number of rotatable bonds is 3. The van der Waals surface area contributed by atoms with E-state index < -0.39 is 0 Å². The Labute approximate surface area is 184 Å². The number of fused-ring (bicyclic) bond motifs is 3. The Balaban J connectivity index is 1.79. The van der Waals surface area contributed by atoms with Gasteiger partial charge in [0, 0.05) is 17.1 Å². The van der Waals surface area contributed by atoms with E-state index in [1.54, 1.807) is 12.1 Å². The molecule has 0 amide bonds. The zero-order valence-corrected chi connectivity index (χ0v) is 18.7. The fourth-order valence-electron chi connectivity index (χ4n) is 5.70. The molecule has 0 aliphatic heterocycles. The van der Waals surface area contributed by atoms with Gasteiger partial charge in [-0.25, -0.2) is 4.39 Å². The Kier molecular flexibility index (Phi) is 5.25. The van der Waals surface area contributed by atoms with Crippen LogP contribution in [0.3, 0.4) is 0 Å². The predicted molar refractivity (Wildman–Crippen MR) is 129 cm³/mol. The van der Waals surface area contributed by atoms with E-state index in [4.69, 9.17) is 4.98 Å². The molecule has 1 nitrogen and oxygen atoms in total. The minimum absolute atomic E-state index is 0.188. The lowest BCUT2D eigenvalue weighted by molar-refractivity contribution is 0.317. The topological polar surface area (TPSA) is 12.9 Å². The molecule has 2 heteroatoms. The van der Waals surface area contributed by atoms with E-state index in [9.17, 15) is 4.39 Å². The second kappa shape index (κ2) is 8.07. The zero-order valence-electron chi connectivity index (χ0n) is 18.7. The summed E-state index contributed by atoms with van der Waals surface area (Å²) in [5.74, 6) is 0.988. The minimum atomic E-state index is -0.188. The molecule has 0 radical (unpaired) electrons. The maximum absolute atomic E-state index is 14.5. The van der Waals surface area contributed by atoms with Crippen molar-refractivity contribution in [3.05, 3.63) is 77.2 Å². The molecule has 5 rings (SSSR count). The number of halogens is 1. The van der Waals surface area contributed by atoms with Crippen LogP contribution in [0.25, 0.3) is 32.8 Å². The van der Waals surface area contributed by atoms with Crippen molar-refractivity contribution in [1.29, 1.82) is 0 Å². The lowest BCUT2D eigenvalue weighted by Crippen LogP contribution is -2.14. The minimum Gasteiger partial charge on any atom is -0.256 e. The van der Waals surface area contributed by atoms with Crippen molar-refractivity contribution >= 4 is 21.5 Å². The maximum Gasteiger partial charge on any atom is 0.123 e. The number of aromatic nitrogens is 1. The Morgan fingerprint density at radius 2 is 1.61 bits per heavy atom. The second-order valence-corrected chi connectivity index (χ2v) is 9.48. The Hall–Kier alpha value is -2.74. The van der Waals surface area contributed by atoms with Gasteiger partial charge < -0.3 is 0 Å². The van der Waals surface area contributed by atoms with Gasteiger partial charge in [-0.15, -0.1) is 0 Å². The standard InChI is InChI=1S/C29H30FN/c1-18-13-19(2)15-23(14-18)29-28-22(11-12-31-29)16-26(20(3)21-7-5-4-6-8-21)25-10-9-24(30)17-27(25)28/h9-17,20-21H,4-8H2,1-3H3. The van der Waals surface area contributed by atoms with Crippen LogP contribution in [0.1, 0.15) is 61.6 Å². The van der Waals surface area contributed by atoms with E-state index >= 15 is 0 Å². The number of benzene rings is 3. The van der Waals surface area contributed by atoms with E-state index in [1.807, 2.05) is 12.3 Å². The molecule has 0 saturated heterocycles. The summed E-state index contributed by atoms with van der Waals surface area (Å²) in [5, 5.41) is 4.37. The van der Waals surface area contributed by atoms with Crippen molar-refractivity contribution in [3.63, 3.8) is 0 Å². The number of hydrogen-bond acceptors (Lipinski definition) is 1. The smallest absolute Gasteiger partial charge is 0.123 e. The Bertz CT molecular complexity index is 1250. The van der Waals surface area contributed by atoms with Crippen LogP contribution in [0.4, 0.5) is 4.39 Å². The molecule has 0 N–H and O–H groups in total. The van der Waals surface area contributed by atoms with Crippen molar-refractivity contribution in [3.8, 4) is 11.3 Å². The fourth-order valence-corrected chi connectivity index (χ4v) is 5.70. The summed E-state index contributed by atoms with van der Waals surface area (Å²) in [4.78, 5) is 4.78. The van der Waals surface area contributed by atoms with E-state index in [0.717, 1.165) is 27.4 Å². The van der Waals surface area contributed by atoms with Crippen LogP contribution in [0.5, 0.6) is 0 Å². The second-order valence-electron chi connectivity index (χ2n) is 9.48. The first-order valence-corrected chi connectivity index (χ1v) is 11.6. The molecule has 0 bridgehead atoms. The van der Waals surface area contributed by atoms with Crippen LogP contribution < -0.4 is 0 Å². The highest BCUT2D eigenvalue weighted by molar-refractivity contribution is 6.14. The van der Waals surface area contributed by atoms with Crippen molar-refractivity contribution < 1.29 is 4.39 Å². The number of hydrogen-bond donors (Lipinski definition) is 0. The molecular formula is C29H30FN. The third kappa shape index (κ3) is 3.73. The molecular weight excluding hydrogens is 381 g/mol. The molecule has 3 aromatic carbocycles. The van der Waals surface area contributed by atoms with Crippen molar-refractivity contribution in [2.45, 2.75) is 58.8 Å². The summed E-state index contributed by atoms with van der Waals surface area (Å²) in [6, 6.07) is 16.3. The fraction of sp³-hybridized carbons (Fsp3) is 0.345. The van der Waals surface area contributed by atoms with Gasteiger partial charge in [0.2, 0.25) is 0 Å². The summed E-state index contributed by atoms with van der Waals surface area (Å²) >= 11 is 0. The molecule has 1 aromatic heterocycles. The lowest BCUT2D eigenvalue weighted by atomic mass is 9.76. The average Bonchev–Trinajstić information content (AvgIpc) is 2.77. The molecule has 1 unspecified atom stereocenters. The predicted octanol–water partition coefficient (Wildman–Crippen LogP) is 8.49. The van der Waals surface area contributed by atoms with Crippen LogP contribution in [0.15, 0.2) is 54.7 Å². The highest BCUT2D eigenvalue weighted by Crippen LogP contribution is 2.42. The first-order valence-electron chi connectivity index (χ1n) is 11.6. The van der Waals surface area contributed by atoms with Gasteiger partial charge in [-0.2, -0.15) is 0 Å². The molecule has 1 heterocycles. The van der Waals surface area contributed by atoms with Gasteiger partial charge in [-0.3, -0.25) is 4.98 Å². The van der Waals surface area contributed by atoms with Crippen LogP contribution in [0.2, 0.25) is 0 Å². The van der Waals surface area contributed by atoms with Gasteiger partial charge in [0.15, 0.2) is 0 Å². The van der Waals surface area contributed by atoms with Crippen LogP contribution >= 0.6 is 0 Å². The lowest BCUT2D eigenvalue weighted by Gasteiger charge is -2.29. The highest BCUT2D eigenvalue weighted by atomic mass is 19.1. The highest BCUT2D eigenvalue weighted by Gasteiger charge is 2.24. The van der Waals surface area contributed by atoms with Gasteiger partial charge in [0.1, 0.15) is 5.82 Å². The maximum atomic E-state index is 14.5. The molecule has 1 atom stereocenters. The van der Waals surface area contributed by atoms with Crippen LogP contribution in [0, 0.1) is 25.6 Å². The molecule has 158 valence electrons. The van der Waals surface area contributed by atoms with Crippen molar-refractivity contribution in [1.82, 2.24) is 4.98 Å². The molecule has 1 fully saturated rings. The number of aryl methyl sites for hydroxylation is 2. The van der Waals surface area contributed by atoms with Gasteiger partial charge in [0.25, 0.3) is 0 Å². The van der Waals surface area contributed by atoms with Crippen molar-refractivity contribution in [2.75, 3.05) is 0 Å². The summed E-state index contributed by atoms with van der Waals surface area (Å²) in [7, 11) is 0. The summed E-state index contributed by atoms with van der Waals surface area (Å²) in [5.41, 5.74) is 5.82. The largest absolute Gasteiger partial charge is 0.256 e. The molecule has 31 heavy (non-hydrogen) atoms. The van der Waals surface area contributed by atoms with Crippen LogP contribution in [-0.2, 0) is 0 Å². The molecule has 1 aliphatic carbocycles. The molecule has 1 saturated carbocycles. The number of pyridine rings is 1.